The summed E-state index contributed by atoms with van der Waals surface area (Å²) in [5, 5.41) is 10.4. The summed E-state index contributed by atoms with van der Waals surface area (Å²) in [5.74, 6) is 0.439. The van der Waals surface area contributed by atoms with Gasteiger partial charge in [-0.05, 0) is 5.21 Å². The maximum atomic E-state index is 5.49. The Morgan fingerprint density at radius 2 is 1.55 bits per heavy atom. The van der Waals surface area contributed by atoms with Crippen molar-refractivity contribution in [3.8, 4) is 11.8 Å². The van der Waals surface area contributed by atoms with Crippen LogP contribution in [0.4, 0.5) is 5.69 Å². The van der Waals surface area contributed by atoms with E-state index in [0.717, 1.165) is 0 Å². The highest BCUT2D eigenvalue weighted by Gasteiger charge is 2.08. The van der Waals surface area contributed by atoms with Crippen LogP contribution in [0.2, 0.25) is 0 Å². The number of nitrogens with zero attached hydrogens (tertiary/aromatic N) is 3. The molecule has 1 aromatic rings. The summed E-state index contributed by atoms with van der Waals surface area (Å²) in [5.41, 5.74) is 5.74. The van der Waals surface area contributed by atoms with E-state index in [-0.39, 0.29) is 17.4 Å². The number of aromatic nitrogens is 3. The molecule has 0 saturated carbocycles. The molecule has 0 aliphatic rings. The maximum Gasteiger partial charge on any atom is 0.264 e. The molecule has 0 radical (unpaired) electrons. The molecule has 0 amide bonds. The van der Waals surface area contributed by atoms with Crippen LogP contribution in [0.25, 0.3) is 0 Å². The number of ether oxygens (including phenoxy) is 2. The molecule has 0 fully saturated rings. The van der Waals surface area contributed by atoms with E-state index in [9.17, 15) is 0 Å². The van der Waals surface area contributed by atoms with Crippen LogP contribution in [0.15, 0.2) is 0 Å². The Labute approximate surface area is 63.3 Å². The molecule has 6 nitrogen and oxygen atoms in total. The van der Waals surface area contributed by atoms with Gasteiger partial charge in [-0.2, -0.15) is 0 Å². The summed E-state index contributed by atoms with van der Waals surface area (Å²) in [7, 11) is 2.89. The minimum atomic E-state index is 0.219. The first-order valence-corrected chi connectivity index (χ1v) is 2.86. The SMILES string of the molecule is COc1nnnc(OC)c1N. The van der Waals surface area contributed by atoms with Crippen LogP contribution in [0, 0.1) is 0 Å². The fourth-order valence-electron chi connectivity index (χ4n) is 0.604. The summed E-state index contributed by atoms with van der Waals surface area (Å²) >= 11 is 0. The van der Waals surface area contributed by atoms with Crippen LogP contribution in [-0.4, -0.2) is 29.6 Å². The van der Waals surface area contributed by atoms with Crippen LogP contribution in [-0.2, 0) is 0 Å². The topological polar surface area (TPSA) is 83.2 Å². The van der Waals surface area contributed by atoms with E-state index in [1.165, 1.54) is 14.2 Å². The van der Waals surface area contributed by atoms with E-state index < -0.39 is 0 Å². The molecule has 0 aliphatic heterocycles. The Balaban J connectivity index is 3.10. The zero-order valence-electron chi connectivity index (χ0n) is 6.24. The third-order valence-corrected chi connectivity index (χ3v) is 1.12. The molecule has 60 valence electrons. The Morgan fingerprint density at radius 1 is 1.09 bits per heavy atom. The van der Waals surface area contributed by atoms with E-state index in [0.29, 0.717) is 0 Å². The zero-order valence-corrected chi connectivity index (χ0v) is 6.24. The summed E-state index contributed by atoms with van der Waals surface area (Å²) in [4.78, 5) is 0. The van der Waals surface area contributed by atoms with Crippen molar-refractivity contribution in [2.45, 2.75) is 0 Å². The average molecular weight is 156 g/mol. The lowest BCUT2D eigenvalue weighted by Gasteiger charge is -2.03. The van der Waals surface area contributed by atoms with Crippen molar-refractivity contribution in [3.63, 3.8) is 0 Å². The van der Waals surface area contributed by atoms with Gasteiger partial charge in [0.15, 0.2) is 5.69 Å². The van der Waals surface area contributed by atoms with Crippen molar-refractivity contribution < 1.29 is 9.47 Å². The van der Waals surface area contributed by atoms with Gasteiger partial charge >= 0.3 is 0 Å². The molecule has 0 spiro atoms. The Bertz CT molecular complexity index is 230. The third-order valence-electron chi connectivity index (χ3n) is 1.12. The monoisotopic (exact) mass is 156 g/mol. The summed E-state index contributed by atoms with van der Waals surface area (Å²) in [6, 6.07) is 0. The van der Waals surface area contributed by atoms with Crippen molar-refractivity contribution in [1.82, 2.24) is 15.4 Å². The third kappa shape index (κ3) is 1.28. The standard InChI is InChI=1S/C5H8N4O2/c1-10-4-3(6)5(11-2)8-9-7-4/h1-2H3,(H2,6,9). The van der Waals surface area contributed by atoms with Gasteiger partial charge in [0.25, 0.3) is 11.8 Å². The second kappa shape index (κ2) is 3.00. The van der Waals surface area contributed by atoms with Gasteiger partial charge in [0.2, 0.25) is 0 Å². The molecule has 0 saturated heterocycles. The van der Waals surface area contributed by atoms with Gasteiger partial charge in [-0.25, -0.2) is 0 Å². The highest BCUT2D eigenvalue weighted by atomic mass is 16.5. The molecule has 0 bridgehead atoms. The number of nitrogens with two attached hydrogens (primary N) is 1. The smallest absolute Gasteiger partial charge is 0.264 e. The number of nitrogen functional groups attached to an aromatic ring is 1. The van der Waals surface area contributed by atoms with E-state index in [1.807, 2.05) is 0 Å². The molecule has 1 rings (SSSR count). The molecular formula is C5H8N4O2. The van der Waals surface area contributed by atoms with Crippen molar-refractivity contribution in [2.75, 3.05) is 20.0 Å². The molecule has 0 aromatic carbocycles. The first kappa shape index (κ1) is 7.52. The maximum absolute atomic E-state index is 5.49. The van der Waals surface area contributed by atoms with Gasteiger partial charge in [-0.15, -0.1) is 0 Å². The molecule has 0 unspecified atom stereocenters. The Morgan fingerprint density at radius 3 is 1.91 bits per heavy atom. The number of methoxy groups -OCH3 is 2. The summed E-state index contributed by atoms with van der Waals surface area (Å²) in [6.45, 7) is 0. The fourth-order valence-corrected chi connectivity index (χ4v) is 0.604. The van der Waals surface area contributed by atoms with Crippen molar-refractivity contribution in [2.24, 2.45) is 0 Å². The first-order valence-electron chi connectivity index (χ1n) is 2.86. The zero-order chi connectivity index (χ0) is 8.27. The highest BCUT2D eigenvalue weighted by Crippen LogP contribution is 2.24. The minimum absolute atomic E-state index is 0.219. The Kier molecular flexibility index (Phi) is 2.05. The molecule has 0 atom stereocenters. The largest absolute Gasteiger partial charge is 0.478 e. The van der Waals surface area contributed by atoms with E-state index in [2.05, 4.69) is 15.4 Å². The number of hydrogen-bond acceptors (Lipinski definition) is 6. The minimum Gasteiger partial charge on any atom is -0.478 e. The lowest BCUT2D eigenvalue weighted by Crippen LogP contribution is -2.02. The predicted molar refractivity (Wildman–Crippen MR) is 37.3 cm³/mol. The van der Waals surface area contributed by atoms with Gasteiger partial charge in [-0.1, -0.05) is 10.2 Å². The molecule has 2 N–H and O–H groups in total. The second-order valence-electron chi connectivity index (χ2n) is 1.72. The predicted octanol–water partition coefficient (Wildman–Crippen LogP) is -0.529. The number of rotatable bonds is 2. The normalized spacial score (nSPS) is 9.27. The molecule has 1 aromatic heterocycles. The Hall–Kier alpha value is -1.59. The van der Waals surface area contributed by atoms with Crippen LogP contribution >= 0.6 is 0 Å². The molecule has 11 heavy (non-hydrogen) atoms. The first-order chi connectivity index (χ1) is 5.29. The van der Waals surface area contributed by atoms with Crippen LogP contribution in [0.5, 0.6) is 11.8 Å². The van der Waals surface area contributed by atoms with Gasteiger partial charge in [0, 0.05) is 0 Å². The van der Waals surface area contributed by atoms with E-state index in [4.69, 9.17) is 15.2 Å². The molecule has 1 heterocycles. The number of hydrogen-bond donors (Lipinski definition) is 1. The van der Waals surface area contributed by atoms with Gasteiger partial charge < -0.3 is 15.2 Å². The lowest BCUT2D eigenvalue weighted by molar-refractivity contribution is 0.363. The molecule has 6 heteroatoms. The average Bonchev–Trinajstić information content (AvgIpc) is 2.05. The van der Waals surface area contributed by atoms with Crippen LogP contribution < -0.4 is 15.2 Å². The van der Waals surface area contributed by atoms with Crippen LogP contribution in [0.1, 0.15) is 0 Å². The molecule has 0 aliphatic carbocycles. The van der Waals surface area contributed by atoms with E-state index >= 15 is 0 Å². The highest BCUT2D eigenvalue weighted by molar-refractivity contribution is 5.54. The van der Waals surface area contributed by atoms with Crippen molar-refractivity contribution in [3.05, 3.63) is 0 Å². The number of anilines is 1. The van der Waals surface area contributed by atoms with Gasteiger partial charge in [-0.3, -0.25) is 0 Å². The quantitative estimate of drug-likeness (QED) is 0.619. The lowest BCUT2D eigenvalue weighted by atomic mass is 10.5. The van der Waals surface area contributed by atoms with Gasteiger partial charge in [0.1, 0.15) is 0 Å². The fraction of sp³-hybridized carbons (Fsp3) is 0.400. The van der Waals surface area contributed by atoms with Gasteiger partial charge in [0.05, 0.1) is 14.2 Å². The summed E-state index contributed by atoms with van der Waals surface area (Å²) in [6.07, 6.45) is 0. The summed E-state index contributed by atoms with van der Waals surface area (Å²) < 4.78 is 9.54. The second-order valence-corrected chi connectivity index (χ2v) is 1.72. The van der Waals surface area contributed by atoms with E-state index in [1.54, 1.807) is 0 Å². The van der Waals surface area contributed by atoms with Crippen molar-refractivity contribution in [1.29, 1.82) is 0 Å². The van der Waals surface area contributed by atoms with Crippen LogP contribution in [0.3, 0.4) is 0 Å². The van der Waals surface area contributed by atoms with Crippen molar-refractivity contribution >= 4 is 5.69 Å². The molecular weight excluding hydrogens is 148 g/mol.